The van der Waals surface area contributed by atoms with Gasteiger partial charge in [0, 0.05) is 6.54 Å². The molecule has 0 aliphatic rings. The largest absolute Gasteiger partial charge is 0.480 e. The summed E-state index contributed by atoms with van der Waals surface area (Å²) in [5.74, 6) is -6.22. The number of carbonyl (C=O) groups excluding carboxylic acids is 5. The number of carboxylic acids is 1. The molecule has 15 N–H and O–H groups in total. The van der Waals surface area contributed by atoms with E-state index < -0.39 is 91.6 Å². The molecule has 0 fully saturated rings. The number of hydrogen-bond acceptors (Lipinski definition) is 11. The lowest BCUT2D eigenvalue weighted by atomic mass is 10.0. The highest BCUT2D eigenvalue weighted by Gasteiger charge is 2.31. The van der Waals surface area contributed by atoms with E-state index in [-0.39, 0.29) is 31.3 Å². The van der Waals surface area contributed by atoms with Crippen molar-refractivity contribution < 1.29 is 49.2 Å². The van der Waals surface area contributed by atoms with Crippen LogP contribution in [0.25, 0.3) is 0 Å². The van der Waals surface area contributed by atoms with Gasteiger partial charge in [-0.15, -0.1) is 0 Å². The Morgan fingerprint density at radius 1 is 0.791 bits per heavy atom. The summed E-state index contributed by atoms with van der Waals surface area (Å²) in [6.45, 7) is 2.42. The topological polar surface area (TPSA) is 334 Å². The summed E-state index contributed by atoms with van der Waals surface area (Å²) in [6, 6.07) is -6.94. The SMILES string of the molecule is CC(C)C[C@H](NC(=O)C(N)CCCN=C(N)N)C(=O)N[C@H](C(=O)NCC(=O)N[C@@H](CO)C(=O)N[C@@H](CO)C(=O)O)[C@H](C)O. The molecule has 0 saturated heterocycles. The number of guanidine groups is 1. The van der Waals surface area contributed by atoms with E-state index in [0.29, 0.717) is 6.42 Å². The molecule has 0 aromatic rings. The molecule has 0 aromatic heterocycles. The molecule has 0 radical (unpaired) electrons. The third kappa shape index (κ3) is 15.7. The Kier molecular flexibility index (Phi) is 18.1. The lowest BCUT2D eigenvalue weighted by Gasteiger charge is -2.26. The van der Waals surface area contributed by atoms with Gasteiger partial charge < -0.3 is 64.2 Å². The lowest BCUT2D eigenvalue weighted by molar-refractivity contribution is -0.143. The summed E-state index contributed by atoms with van der Waals surface area (Å²) in [5.41, 5.74) is 16.4. The van der Waals surface area contributed by atoms with Gasteiger partial charge in [-0.05, 0) is 32.1 Å². The molecule has 0 bridgehead atoms. The molecule has 0 aliphatic carbocycles. The molecule has 19 heteroatoms. The summed E-state index contributed by atoms with van der Waals surface area (Å²) < 4.78 is 0. The van der Waals surface area contributed by atoms with Crippen molar-refractivity contribution in [3.63, 3.8) is 0 Å². The predicted octanol–water partition coefficient (Wildman–Crippen LogP) is -6.08. The van der Waals surface area contributed by atoms with E-state index in [1.165, 1.54) is 6.92 Å². The van der Waals surface area contributed by atoms with E-state index in [0.717, 1.165) is 0 Å². The van der Waals surface area contributed by atoms with Crippen molar-refractivity contribution in [2.75, 3.05) is 26.3 Å². The van der Waals surface area contributed by atoms with Crippen LogP contribution in [0.3, 0.4) is 0 Å². The Morgan fingerprint density at radius 2 is 1.35 bits per heavy atom. The fourth-order valence-electron chi connectivity index (χ4n) is 3.47. The van der Waals surface area contributed by atoms with Crippen LogP contribution < -0.4 is 43.8 Å². The van der Waals surface area contributed by atoms with Gasteiger partial charge in [0.1, 0.15) is 24.2 Å². The van der Waals surface area contributed by atoms with Crippen LogP contribution in [0, 0.1) is 5.92 Å². The molecule has 0 saturated carbocycles. The number of nitrogens with zero attached hydrogens (tertiary/aromatic N) is 1. The number of aliphatic imine (C=N–C) groups is 1. The predicted molar refractivity (Wildman–Crippen MR) is 152 cm³/mol. The average molecular weight is 620 g/mol. The minimum atomic E-state index is -1.68. The Balaban J connectivity index is 5.24. The summed E-state index contributed by atoms with van der Waals surface area (Å²) in [7, 11) is 0. The number of hydrogen-bond donors (Lipinski definition) is 12. The second kappa shape index (κ2) is 19.9. The summed E-state index contributed by atoms with van der Waals surface area (Å²) in [6.07, 6.45) is -0.651. The van der Waals surface area contributed by atoms with Crippen LogP contribution in [0.2, 0.25) is 0 Å². The highest BCUT2D eigenvalue weighted by molar-refractivity contribution is 5.95. The van der Waals surface area contributed by atoms with Crippen LogP contribution in [-0.4, -0.2) is 125 Å². The standard InChI is InChI=1S/C24H45N9O10/c1-11(2)7-14(31-19(38)13(25)5-4-6-28-24(26)27)20(39)33-18(12(3)36)22(41)29-8-17(37)30-15(9-34)21(40)32-16(10-35)23(42)43/h11-16,18,34-36H,4-10,25H2,1-3H3,(H,29,41)(H,30,37)(H,31,38)(H,32,40)(H,33,39)(H,42,43)(H4,26,27,28)/t12-,13?,14-,15-,16-,18-/m0/s1. The van der Waals surface area contributed by atoms with E-state index >= 15 is 0 Å². The first-order valence-electron chi connectivity index (χ1n) is 13.5. The van der Waals surface area contributed by atoms with E-state index in [1.807, 2.05) is 5.32 Å². The summed E-state index contributed by atoms with van der Waals surface area (Å²) in [5, 5.41) is 48.5. The molecular formula is C24H45N9O10. The molecule has 19 nitrogen and oxygen atoms in total. The number of rotatable bonds is 20. The van der Waals surface area contributed by atoms with Gasteiger partial charge in [0.25, 0.3) is 0 Å². The average Bonchev–Trinajstić information content (AvgIpc) is 2.92. The van der Waals surface area contributed by atoms with Gasteiger partial charge >= 0.3 is 5.97 Å². The second-order valence-electron chi connectivity index (χ2n) is 10.1. The van der Waals surface area contributed by atoms with E-state index in [2.05, 4.69) is 26.3 Å². The number of aliphatic hydroxyl groups is 3. The van der Waals surface area contributed by atoms with Crippen molar-refractivity contribution in [2.45, 2.75) is 76.3 Å². The monoisotopic (exact) mass is 619 g/mol. The zero-order valence-electron chi connectivity index (χ0n) is 24.4. The van der Waals surface area contributed by atoms with Crippen molar-refractivity contribution >= 4 is 41.5 Å². The quantitative estimate of drug-likeness (QED) is 0.0343. The molecule has 0 aliphatic heterocycles. The number of aliphatic carboxylic acids is 1. The maximum atomic E-state index is 13.0. The zero-order chi connectivity index (χ0) is 33.3. The smallest absolute Gasteiger partial charge is 0.328 e. The van der Waals surface area contributed by atoms with Gasteiger partial charge in [-0.3, -0.25) is 29.0 Å². The molecule has 0 heterocycles. The number of carboxylic acid groups (broad SMARTS) is 1. The molecule has 6 atom stereocenters. The van der Waals surface area contributed by atoms with E-state index in [9.17, 15) is 39.0 Å². The molecule has 0 spiro atoms. The molecule has 5 amide bonds. The Labute approximate surface area is 248 Å². The third-order valence-electron chi connectivity index (χ3n) is 5.76. The third-order valence-corrected chi connectivity index (χ3v) is 5.76. The van der Waals surface area contributed by atoms with Crippen molar-refractivity contribution in [3.05, 3.63) is 0 Å². The molecular weight excluding hydrogens is 574 g/mol. The van der Waals surface area contributed by atoms with E-state index in [4.69, 9.17) is 27.4 Å². The maximum absolute atomic E-state index is 13.0. The fourth-order valence-corrected chi connectivity index (χ4v) is 3.47. The molecule has 246 valence electrons. The van der Waals surface area contributed by atoms with Gasteiger partial charge in [0.15, 0.2) is 5.96 Å². The van der Waals surface area contributed by atoms with Crippen LogP contribution in [0.1, 0.15) is 40.0 Å². The molecule has 1 unspecified atom stereocenters. The van der Waals surface area contributed by atoms with Gasteiger partial charge in [0.2, 0.25) is 29.5 Å². The van der Waals surface area contributed by atoms with Crippen LogP contribution in [0.15, 0.2) is 4.99 Å². The highest BCUT2D eigenvalue weighted by Crippen LogP contribution is 2.07. The number of carbonyl (C=O) groups is 6. The highest BCUT2D eigenvalue weighted by atomic mass is 16.4. The van der Waals surface area contributed by atoms with Crippen LogP contribution in [0.4, 0.5) is 0 Å². The summed E-state index contributed by atoms with van der Waals surface area (Å²) >= 11 is 0. The molecule has 0 rings (SSSR count). The summed E-state index contributed by atoms with van der Waals surface area (Å²) in [4.78, 5) is 77.5. The van der Waals surface area contributed by atoms with Crippen LogP contribution in [-0.2, 0) is 28.8 Å². The minimum absolute atomic E-state index is 0.0727. The first kappa shape index (κ1) is 38.9. The Hall–Kier alpha value is -4.07. The first-order valence-corrected chi connectivity index (χ1v) is 13.5. The Morgan fingerprint density at radius 3 is 1.84 bits per heavy atom. The van der Waals surface area contributed by atoms with Crippen LogP contribution in [0.5, 0.6) is 0 Å². The molecule has 0 aromatic carbocycles. The minimum Gasteiger partial charge on any atom is -0.480 e. The normalized spacial score (nSPS) is 15.1. The zero-order valence-corrected chi connectivity index (χ0v) is 24.4. The van der Waals surface area contributed by atoms with Gasteiger partial charge in [-0.1, -0.05) is 13.8 Å². The number of aliphatic hydroxyl groups excluding tert-OH is 3. The van der Waals surface area contributed by atoms with Crippen molar-refractivity contribution in [1.29, 1.82) is 0 Å². The Bertz CT molecular complexity index is 989. The van der Waals surface area contributed by atoms with Crippen molar-refractivity contribution in [2.24, 2.45) is 28.1 Å². The number of amides is 5. The number of nitrogens with two attached hydrogens (primary N) is 3. The lowest BCUT2D eigenvalue weighted by Crippen LogP contribution is -2.59. The maximum Gasteiger partial charge on any atom is 0.328 e. The van der Waals surface area contributed by atoms with E-state index in [1.54, 1.807) is 13.8 Å². The van der Waals surface area contributed by atoms with Gasteiger partial charge in [0.05, 0.1) is 31.9 Å². The van der Waals surface area contributed by atoms with Crippen molar-refractivity contribution in [1.82, 2.24) is 26.6 Å². The molecule has 43 heavy (non-hydrogen) atoms. The van der Waals surface area contributed by atoms with Crippen LogP contribution >= 0.6 is 0 Å². The number of nitrogens with one attached hydrogen (secondary N) is 5. The van der Waals surface area contributed by atoms with Crippen molar-refractivity contribution in [3.8, 4) is 0 Å². The van der Waals surface area contributed by atoms with Gasteiger partial charge in [-0.2, -0.15) is 0 Å². The van der Waals surface area contributed by atoms with Gasteiger partial charge in [-0.25, -0.2) is 4.79 Å². The second-order valence-corrected chi connectivity index (χ2v) is 10.1. The fraction of sp³-hybridized carbons (Fsp3) is 0.708. The first-order chi connectivity index (χ1) is 20.0.